The molecule has 2 unspecified atom stereocenters. The number of nitrogens with two attached hydrogens (primary N) is 1. The van der Waals surface area contributed by atoms with Crippen molar-refractivity contribution in [1.82, 2.24) is 10.6 Å². The Labute approximate surface area is 84.0 Å². The zero-order valence-electron chi connectivity index (χ0n) is 8.33. The molecule has 5 nitrogen and oxygen atoms in total. The van der Waals surface area contributed by atoms with E-state index in [9.17, 15) is 4.79 Å². The van der Waals surface area contributed by atoms with Crippen molar-refractivity contribution >= 4 is 5.97 Å². The summed E-state index contributed by atoms with van der Waals surface area (Å²) in [7, 11) is 0. The first-order valence-electron chi connectivity index (χ1n) is 5.12. The molecule has 5 heteroatoms. The highest BCUT2D eigenvalue weighted by atomic mass is 16.4. The molecule has 1 aliphatic heterocycles. The molecule has 0 bridgehead atoms. The van der Waals surface area contributed by atoms with Gasteiger partial charge in [0.25, 0.3) is 0 Å². The third-order valence-corrected chi connectivity index (χ3v) is 2.48. The van der Waals surface area contributed by atoms with E-state index in [4.69, 9.17) is 10.8 Å². The summed E-state index contributed by atoms with van der Waals surface area (Å²) in [6, 6.07) is -0.316. The van der Waals surface area contributed by atoms with E-state index in [1.54, 1.807) is 0 Å². The summed E-state index contributed by atoms with van der Waals surface area (Å²) in [6.07, 6.45) is 3.66. The highest BCUT2D eigenvalue weighted by Crippen LogP contribution is 2.05. The molecule has 0 aromatic carbocycles. The quantitative estimate of drug-likeness (QED) is 0.464. The number of aliphatic carboxylic acids is 1. The monoisotopic (exact) mass is 201 g/mol. The van der Waals surface area contributed by atoms with Crippen LogP contribution in [0.4, 0.5) is 0 Å². The number of hydrogen-bond acceptors (Lipinski definition) is 4. The van der Waals surface area contributed by atoms with Gasteiger partial charge in [-0.1, -0.05) is 6.42 Å². The van der Waals surface area contributed by atoms with Crippen LogP contribution in [0.15, 0.2) is 0 Å². The minimum atomic E-state index is -0.950. The SMILES string of the molecule is NC(CNCC1CCCCN1)C(=O)O. The van der Waals surface area contributed by atoms with Crippen molar-refractivity contribution in [2.45, 2.75) is 31.3 Å². The maximum atomic E-state index is 10.4. The van der Waals surface area contributed by atoms with Crippen LogP contribution in [-0.2, 0) is 4.79 Å². The van der Waals surface area contributed by atoms with Crippen molar-refractivity contribution in [2.24, 2.45) is 5.73 Å². The lowest BCUT2D eigenvalue weighted by Gasteiger charge is -2.24. The second-order valence-electron chi connectivity index (χ2n) is 3.75. The van der Waals surface area contributed by atoms with E-state index in [0.29, 0.717) is 12.6 Å². The number of carboxylic acid groups (broad SMARTS) is 1. The van der Waals surface area contributed by atoms with Crippen LogP contribution in [0.25, 0.3) is 0 Å². The van der Waals surface area contributed by atoms with Crippen molar-refractivity contribution in [1.29, 1.82) is 0 Å². The smallest absolute Gasteiger partial charge is 0.321 e. The summed E-state index contributed by atoms with van der Waals surface area (Å²) in [6.45, 7) is 2.21. The number of nitrogens with one attached hydrogen (secondary N) is 2. The molecule has 1 aliphatic rings. The van der Waals surface area contributed by atoms with Crippen LogP contribution in [0.1, 0.15) is 19.3 Å². The third-order valence-electron chi connectivity index (χ3n) is 2.48. The zero-order chi connectivity index (χ0) is 10.4. The van der Waals surface area contributed by atoms with Crippen LogP contribution in [0.5, 0.6) is 0 Å². The predicted molar refractivity (Wildman–Crippen MR) is 54.1 cm³/mol. The molecule has 0 spiro atoms. The van der Waals surface area contributed by atoms with Gasteiger partial charge in [-0.2, -0.15) is 0 Å². The Hall–Kier alpha value is -0.650. The van der Waals surface area contributed by atoms with Crippen LogP contribution in [0.3, 0.4) is 0 Å². The van der Waals surface area contributed by atoms with Gasteiger partial charge in [0.2, 0.25) is 0 Å². The number of hydrogen-bond donors (Lipinski definition) is 4. The molecular formula is C9H19N3O2. The van der Waals surface area contributed by atoms with Gasteiger partial charge < -0.3 is 21.5 Å². The molecule has 0 aromatic rings. The lowest BCUT2D eigenvalue weighted by Crippen LogP contribution is -2.46. The topological polar surface area (TPSA) is 87.4 Å². The molecule has 1 saturated heterocycles. The van der Waals surface area contributed by atoms with Gasteiger partial charge in [-0.05, 0) is 19.4 Å². The fraction of sp³-hybridized carbons (Fsp3) is 0.889. The Kier molecular flexibility index (Phi) is 4.86. The van der Waals surface area contributed by atoms with E-state index in [1.165, 1.54) is 12.8 Å². The molecule has 82 valence electrons. The van der Waals surface area contributed by atoms with Gasteiger partial charge in [-0.25, -0.2) is 0 Å². The first-order chi connectivity index (χ1) is 6.70. The summed E-state index contributed by atoms with van der Waals surface area (Å²) in [5, 5.41) is 15.0. The number of carbonyl (C=O) groups is 1. The second kappa shape index (κ2) is 5.95. The van der Waals surface area contributed by atoms with E-state index < -0.39 is 12.0 Å². The molecular weight excluding hydrogens is 182 g/mol. The van der Waals surface area contributed by atoms with Crippen LogP contribution in [0, 0.1) is 0 Å². The van der Waals surface area contributed by atoms with Crippen molar-refractivity contribution in [3.63, 3.8) is 0 Å². The minimum absolute atomic E-state index is 0.341. The van der Waals surface area contributed by atoms with Gasteiger partial charge in [0.15, 0.2) is 0 Å². The van der Waals surface area contributed by atoms with E-state index in [0.717, 1.165) is 19.5 Å². The van der Waals surface area contributed by atoms with Gasteiger partial charge in [0, 0.05) is 19.1 Å². The number of carboxylic acids is 1. The summed E-state index contributed by atoms with van der Waals surface area (Å²) in [5.74, 6) is -0.950. The fourth-order valence-corrected chi connectivity index (χ4v) is 1.60. The van der Waals surface area contributed by atoms with Gasteiger partial charge in [0.05, 0.1) is 0 Å². The third kappa shape index (κ3) is 4.04. The fourth-order valence-electron chi connectivity index (χ4n) is 1.60. The lowest BCUT2D eigenvalue weighted by molar-refractivity contribution is -0.138. The maximum Gasteiger partial charge on any atom is 0.321 e. The number of piperidine rings is 1. The second-order valence-corrected chi connectivity index (χ2v) is 3.75. The largest absolute Gasteiger partial charge is 0.480 e. The summed E-state index contributed by atoms with van der Waals surface area (Å²) < 4.78 is 0. The van der Waals surface area contributed by atoms with Crippen molar-refractivity contribution < 1.29 is 9.90 Å². The van der Waals surface area contributed by atoms with E-state index in [2.05, 4.69) is 10.6 Å². The van der Waals surface area contributed by atoms with Crippen molar-refractivity contribution in [3.05, 3.63) is 0 Å². The summed E-state index contributed by atoms with van der Waals surface area (Å²) >= 11 is 0. The first-order valence-corrected chi connectivity index (χ1v) is 5.12. The lowest BCUT2D eigenvalue weighted by atomic mass is 10.1. The standard InChI is InChI=1S/C9H19N3O2/c10-8(9(13)14)6-11-5-7-3-1-2-4-12-7/h7-8,11-12H,1-6,10H2,(H,13,14). The Morgan fingerprint density at radius 3 is 3.00 bits per heavy atom. The highest BCUT2D eigenvalue weighted by molar-refractivity contribution is 5.73. The Morgan fingerprint density at radius 1 is 1.64 bits per heavy atom. The molecule has 0 aliphatic carbocycles. The maximum absolute atomic E-state index is 10.4. The first kappa shape index (κ1) is 11.4. The molecule has 1 fully saturated rings. The van der Waals surface area contributed by atoms with Gasteiger partial charge in [-0.3, -0.25) is 4.79 Å². The van der Waals surface area contributed by atoms with Gasteiger partial charge in [0.1, 0.15) is 6.04 Å². The van der Waals surface area contributed by atoms with E-state index in [-0.39, 0.29) is 0 Å². The molecule has 14 heavy (non-hydrogen) atoms. The highest BCUT2D eigenvalue weighted by Gasteiger charge is 2.14. The Bertz CT molecular complexity index is 181. The molecule has 1 heterocycles. The number of rotatable bonds is 5. The van der Waals surface area contributed by atoms with Gasteiger partial charge >= 0.3 is 5.97 Å². The minimum Gasteiger partial charge on any atom is -0.480 e. The van der Waals surface area contributed by atoms with E-state index >= 15 is 0 Å². The van der Waals surface area contributed by atoms with Crippen LogP contribution >= 0.6 is 0 Å². The van der Waals surface area contributed by atoms with Gasteiger partial charge in [-0.15, -0.1) is 0 Å². The summed E-state index contributed by atoms with van der Waals surface area (Å²) in [4.78, 5) is 10.4. The van der Waals surface area contributed by atoms with Crippen LogP contribution in [0.2, 0.25) is 0 Å². The summed E-state index contributed by atoms with van der Waals surface area (Å²) in [5.41, 5.74) is 5.35. The van der Waals surface area contributed by atoms with Crippen molar-refractivity contribution in [3.8, 4) is 0 Å². The molecule has 2 atom stereocenters. The normalized spacial score (nSPS) is 24.5. The Balaban J connectivity index is 2.05. The zero-order valence-corrected chi connectivity index (χ0v) is 8.33. The van der Waals surface area contributed by atoms with Crippen molar-refractivity contribution in [2.75, 3.05) is 19.6 Å². The molecule has 0 saturated carbocycles. The van der Waals surface area contributed by atoms with E-state index in [1.807, 2.05) is 0 Å². The predicted octanol–water partition coefficient (Wildman–Crippen LogP) is -0.870. The molecule has 0 radical (unpaired) electrons. The Morgan fingerprint density at radius 2 is 2.43 bits per heavy atom. The van der Waals surface area contributed by atoms with Crippen LogP contribution < -0.4 is 16.4 Å². The molecule has 1 rings (SSSR count). The molecule has 5 N–H and O–H groups in total. The molecule has 0 amide bonds. The molecule has 0 aromatic heterocycles. The van der Waals surface area contributed by atoms with Crippen LogP contribution in [-0.4, -0.2) is 42.8 Å². The average molecular weight is 201 g/mol. The average Bonchev–Trinajstić information content (AvgIpc) is 2.19.